The first-order valence-corrected chi connectivity index (χ1v) is 7.60. The van der Waals surface area contributed by atoms with Crippen LogP contribution in [0.4, 0.5) is 0 Å². The fourth-order valence-electron chi connectivity index (χ4n) is 2.45. The summed E-state index contributed by atoms with van der Waals surface area (Å²) in [7, 11) is 0. The van der Waals surface area contributed by atoms with Crippen molar-refractivity contribution in [2.75, 3.05) is 19.8 Å². The lowest BCUT2D eigenvalue weighted by atomic mass is 9.84. The van der Waals surface area contributed by atoms with E-state index >= 15 is 0 Å². The fraction of sp³-hybridized carbons (Fsp3) is 0.875. The van der Waals surface area contributed by atoms with Crippen molar-refractivity contribution >= 4 is 0 Å². The number of ether oxygens (including phenoxy) is 2. The van der Waals surface area contributed by atoms with Gasteiger partial charge in [-0.1, -0.05) is 19.9 Å². The largest absolute Gasteiger partial charge is 0.396 e. The molecule has 0 aromatic heterocycles. The van der Waals surface area contributed by atoms with Gasteiger partial charge in [-0.15, -0.1) is 6.58 Å². The molecular weight excluding hydrogens is 240 g/mol. The van der Waals surface area contributed by atoms with Crippen molar-refractivity contribution in [2.24, 2.45) is 11.8 Å². The minimum absolute atomic E-state index is 0.252. The summed E-state index contributed by atoms with van der Waals surface area (Å²) >= 11 is 0. The predicted molar refractivity (Wildman–Crippen MR) is 78.2 cm³/mol. The van der Waals surface area contributed by atoms with Gasteiger partial charge in [0.2, 0.25) is 0 Å². The molecule has 0 saturated heterocycles. The zero-order valence-electron chi connectivity index (χ0n) is 12.5. The SMILES string of the molecule is C=CCOC1CC(C)C1.CC1CC(OCCCO)C1. The van der Waals surface area contributed by atoms with E-state index in [1.165, 1.54) is 25.7 Å². The highest BCUT2D eigenvalue weighted by atomic mass is 16.5. The van der Waals surface area contributed by atoms with Gasteiger partial charge >= 0.3 is 0 Å². The lowest BCUT2D eigenvalue weighted by Crippen LogP contribution is -2.29. The lowest BCUT2D eigenvalue weighted by molar-refractivity contribution is -0.0294. The molecule has 0 amide bonds. The molecule has 0 spiro atoms. The van der Waals surface area contributed by atoms with Crippen molar-refractivity contribution in [1.82, 2.24) is 0 Å². The Hall–Kier alpha value is -0.380. The van der Waals surface area contributed by atoms with Crippen LogP contribution < -0.4 is 0 Å². The molecule has 0 aromatic carbocycles. The Labute approximate surface area is 118 Å². The van der Waals surface area contributed by atoms with Gasteiger partial charge in [-0.25, -0.2) is 0 Å². The maximum Gasteiger partial charge on any atom is 0.0648 e. The second-order valence-electron chi connectivity index (χ2n) is 5.97. The number of hydrogen-bond acceptors (Lipinski definition) is 3. The Morgan fingerprint density at radius 3 is 2.00 bits per heavy atom. The third-order valence-corrected chi connectivity index (χ3v) is 3.77. The summed E-state index contributed by atoms with van der Waals surface area (Å²) in [6.07, 6.45) is 8.55. The number of hydrogen-bond donors (Lipinski definition) is 1. The Morgan fingerprint density at radius 2 is 1.58 bits per heavy atom. The van der Waals surface area contributed by atoms with Crippen molar-refractivity contribution in [3.05, 3.63) is 12.7 Å². The van der Waals surface area contributed by atoms with E-state index < -0.39 is 0 Å². The summed E-state index contributed by atoms with van der Waals surface area (Å²) < 4.78 is 10.8. The maximum atomic E-state index is 8.44. The number of aliphatic hydroxyl groups excluding tert-OH is 1. The summed E-state index contributed by atoms with van der Waals surface area (Å²) in [5, 5.41) is 8.44. The van der Waals surface area contributed by atoms with E-state index in [0.717, 1.165) is 31.5 Å². The van der Waals surface area contributed by atoms with E-state index in [9.17, 15) is 0 Å². The van der Waals surface area contributed by atoms with Crippen molar-refractivity contribution < 1.29 is 14.6 Å². The molecule has 3 nitrogen and oxygen atoms in total. The average Bonchev–Trinajstić information content (AvgIpc) is 2.32. The summed E-state index contributed by atoms with van der Waals surface area (Å²) in [6.45, 7) is 9.79. The van der Waals surface area contributed by atoms with Crippen molar-refractivity contribution in [2.45, 2.75) is 58.2 Å². The van der Waals surface area contributed by atoms with Gasteiger partial charge in [0.25, 0.3) is 0 Å². The van der Waals surface area contributed by atoms with Gasteiger partial charge in [0.05, 0.1) is 18.8 Å². The van der Waals surface area contributed by atoms with Crippen LogP contribution in [-0.4, -0.2) is 37.1 Å². The summed E-state index contributed by atoms with van der Waals surface area (Å²) in [5.74, 6) is 1.75. The molecule has 1 N–H and O–H groups in total. The summed E-state index contributed by atoms with van der Waals surface area (Å²) in [6, 6.07) is 0. The van der Waals surface area contributed by atoms with Gasteiger partial charge in [-0.05, 0) is 43.9 Å². The second-order valence-corrected chi connectivity index (χ2v) is 5.97. The maximum absolute atomic E-state index is 8.44. The Balaban J connectivity index is 0.000000191. The highest BCUT2D eigenvalue weighted by molar-refractivity contribution is 4.78. The standard InChI is InChI=1S/C8H16O2.C8H14O/c1-7-5-8(6-7)10-4-2-3-9;1-3-4-9-8-5-7(2)6-8/h7-9H,2-6H2,1H3;3,7-8H,1,4-6H2,2H3. The predicted octanol–water partition coefficient (Wildman–Crippen LogP) is 3.17. The third-order valence-electron chi connectivity index (χ3n) is 3.77. The topological polar surface area (TPSA) is 38.7 Å². The van der Waals surface area contributed by atoms with E-state index in [1.807, 2.05) is 6.08 Å². The van der Waals surface area contributed by atoms with E-state index in [1.54, 1.807) is 0 Å². The van der Waals surface area contributed by atoms with Crippen LogP contribution in [0.1, 0.15) is 46.0 Å². The molecule has 2 rings (SSSR count). The molecule has 0 radical (unpaired) electrons. The molecule has 0 aromatic rings. The van der Waals surface area contributed by atoms with Crippen LogP contribution in [0.5, 0.6) is 0 Å². The first-order chi connectivity index (χ1) is 9.15. The molecule has 0 atom stereocenters. The van der Waals surface area contributed by atoms with Crippen LogP contribution in [0.2, 0.25) is 0 Å². The zero-order valence-corrected chi connectivity index (χ0v) is 12.5. The van der Waals surface area contributed by atoms with E-state index in [2.05, 4.69) is 20.4 Å². The van der Waals surface area contributed by atoms with Gasteiger partial charge in [0.1, 0.15) is 0 Å². The molecule has 0 heterocycles. The van der Waals surface area contributed by atoms with Crippen LogP contribution in [0, 0.1) is 11.8 Å². The highest BCUT2D eigenvalue weighted by Crippen LogP contribution is 2.29. The Morgan fingerprint density at radius 1 is 1.05 bits per heavy atom. The monoisotopic (exact) mass is 270 g/mol. The molecule has 2 saturated carbocycles. The van der Waals surface area contributed by atoms with Crippen LogP contribution in [0.15, 0.2) is 12.7 Å². The molecule has 2 fully saturated rings. The van der Waals surface area contributed by atoms with Crippen LogP contribution in [0.3, 0.4) is 0 Å². The molecule has 3 heteroatoms. The number of aliphatic hydroxyl groups is 1. The van der Waals surface area contributed by atoms with Crippen LogP contribution in [-0.2, 0) is 9.47 Å². The number of rotatable bonds is 7. The van der Waals surface area contributed by atoms with Crippen molar-refractivity contribution in [1.29, 1.82) is 0 Å². The normalized spacial score (nSPS) is 32.6. The molecule has 0 aliphatic heterocycles. The lowest BCUT2D eigenvalue weighted by Gasteiger charge is -2.32. The van der Waals surface area contributed by atoms with Crippen molar-refractivity contribution in [3.63, 3.8) is 0 Å². The Bertz CT molecular complexity index is 230. The van der Waals surface area contributed by atoms with Crippen LogP contribution >= 0.6 is 0 Å². The van der Waals surface area contributed by atoms with E-state index in [-0.39, 0.29) is 6.61 Å². The fourth-order valence-corrected chi connectivity index (χ4v) is 2.45. The van der Waals surface area contributed by atoms with E-state index in [4.69, 9.17) is 14.6 Å². The zero-order chi connectivity index (χ0) is 14.1. The second kappa shape index (κ2) is 9.51. The minimum Gasteiger partial charge on any atom is -0.396 e. The molecule has 112 valence electrons. The van der Waals surface area contributed by atoms with Gasteiger partial charge in [-0.2, -0.15) is 0 Å². The van der Waals surface area contributed by atoms with Gasteiger partial charge < -0.3 is 14.6 Å². The Kier molecular flexibility index (Phi) is 8.35. The summed E-state index contributed by atoms with van der Waals surface area (Å²) in [4.78, 5) is 0. The molecule has 2 aliphatic rings. The van der Waals surface area contributed by atoms with Crippen molar-refractivity contribution in [3.8, 4) is 0 Å². The van der Waals surface area contributed by atoms with E-state index in [0.29, 0.717) is 12.2 Å². The molecule has 2 aliphatic carbocycles. The van der Waals surface area contributed by atoms with Gasteiger partial charge in [-0.3, -0.25) is 0 Å². The smallest absolute Gasteiger partial charge is 0.0648 e. The average molecular weight is 270 g/mol. The van der Waals surface area contributed by atoms with Gasteiger partial charge in [0.15, 0.2) is 0 Å². The first kappa shape index (κ1) is 16.7. The highest BCUT2D eigenvalue weighted by Gasteiger charge is 2.25. The molecular formula is C16H30O3. The molecule has 19 heavy (non-hydrogen) atoms. The first-order valence-electron chi connectivity index (χ1n) is 7.60. The summed E-state index contributed by atoms with van der Waals surface area (Å²) in [5.41, 5.74) is 0. The quantitative estimate of drug-likeness (QED) is 0.570. The molecule has 0 unspecified atom stereocenters. The van der Waals surface area contributed by atoms with Crippen LogP contribution in [0.25, 0.3) is 0 Å². The van der Waals surface area contributed by atoms with Gasteiger partial charge in [0, 0.05) is 13.2 Å². The third kappa shape index (κ3) is 7.09. The molecule has 0 bridgehead atoms. The minimum atomic E-state index is 0.252.